The summed E-state index contributed by atoms with van der Waals surface area (Å²) >= 11 is -0.556. The zero-order chi connectivity index (χ0) is 21.3. The van der Waals surface area contributed by atoms with Crippen molar-refractivity contribution >= 4 is 59.3 Å². The molecule has 0 bridgehead atoms. The first-order valence-corrected chi connectivity index (χ1v) is 15.0. The average Bonchev–Trinajstić information content (AvgIpc) is 3.28. The molecular formula is C26H23Cl2PTi-2. The molecule has 0 radical (unpaired) electrons. The molecule has 5 rings (SSSR count). The summed E-state index contributed by atoms with van der Waals surface area (Å²) in [4.78, 5) is 0. The van der Waals surface area contributed by atoms with E-state index in [9.17, 15) is 0 Å². The molecule has 4 heteroatoms. The average molecular weight is 485 g/mol. The van der Waals surface area contributed by atoms with Crippen LogP contribution in [0.15, 0.2) is 97.1 Å². The van der Waals surface area contributed by atoms with Crippen LogP contribution in [0.25, 0.3) is 21.5 Å². The second kappa shape index (κ2) is 11.9. The number of aryl methyl sites for hydroxylation is 2. The maximum atomic E-state index is 4.89. The minimum atomic E-state index is -0.556. The fourth-order valence-electron chi connectivity index (χ4n) is 3.51. The monoisotopic (exact) mass is 484 g/mol. The number of fused-ring (bicyclic) bond motifs is 2. The van der Waals surface area contributed by atoms with Crippen LogP contribution in [0.2, 0.25) is 0 Å². The third kappa shape index (κ3) is 6.30. The van der Waals surface area contributed by atoms with Crippen LogP contribution in [0.3, 0.4) is 0 Å². The summed E-state index contributed by atoms with van der Waals surface area (Å²) in [5, 5.41) is 8.37. The second-order valence-corrected chi connectivity index (χ2v) is 10.9. The standard InChI is InChI=1S/C16H14P.C10H9.2ClH.Ti/c1-12-11-13-7-5-6-10-15(13)16(12)17-14-8-3-2-4-9-14;1-8-6-9-4-2-3-5-10(9)7-8;;;/h2-11,17H,1H3;2-7H,1H3;2*1H;/q2*-1;;;+2/p-2. The van der Waals surface area contributed by atoms with Gasteiger partial charge in [0.2, 0.25) is 0 Å². The normalized spacial score (nSPS) is 10.5. The van der Waals surface area contributed by atoms with Crippen LogP contribution in [0.1, 0.15) is 11.1 Å². The van der Waals surface area contributed by atoms with Crippen molar-refractivity contribution in [2.45, 2.75) is 13.8 Å². The fraction of sp³-hybridized carbons (Fsp3) is 0.0769. The molecule has 0 heterocycles. The molecule has 152 valence electrons. The Balaban J connectivity index is 0.000000167. The predicted octanol–water partition coefficient (Wildman–Crippen LogP) is 7.74. The Hall–Kier alpha value is -1.40. The summed E-state index contributed by atoms with van der Waals surface area (Å²) in [6.45, 7) is 4.34. The molecular weight excluding hydrogens is 462 g/mol. The van der Waals surface area contributed by atoms with E-state index in [0.29, 0.717) is 0 Å². The van der Waals surface area contributed by atoms with E-state index in [1.165, 1.54) is 43.3 Å². The van der Waals surface area contributed by atoms with Gasteiger partial charge in [-0.25, -0.2) is 0 Å². The van der Waals surface area contributed by atoms with Crippen molar-refractivity contribution in [1.29, 1.82) is 0 Å². The van der Waals surface area contributed by atoms with Gasteiger partial charge in [-0.05, 0) is 5.30 Å². The molecule has 0 aliphatic heterocycles. The number of benzene rings is 3. The molecule has 0 amide bonds. The Morgan fingerprint density at radius 1 is 0.733 bits per heavy atom. The van der Waals surface area contributed by atoms with Gasteiger partial charge < -0.3 is 0 Å². The Morgan fingerprint density at radius 3 is 2.03 bits per heavy atom. The van der Waals surface area contributed by atoms with Crippen molar-refractivity contribution in [2.24, 2.45) is 0 Å². The fourth-order valence-corrected chi connectivity index (χ4v) is 4.79. The van der Waals surface area contributed by atoms with E-state index in [4.69, 9.17) is 18.6 Å². The van der Waals surface area contributed by atoms with Gasteiger partial charge in [0.05, 0.1) is 0 Å². The molecule has 0 N–H and O–H groups in total. The summed E-state index contributed by atoms with van der Waals surface area (Å²) < 4.78 is 0. The Labute approximate surface area is 197 Å². The minimum absolute atomic E-state index is 0.556. The van der Waals surface area contributed by atoms with Gasteiger partial charge in [0.25, 0.3) is 0 Å². The van der Waals surface area contributed by atoms with E-state index in [-0.39, 0.29) is 0 Å². The van der Waals surface area contributed by atoms with Crippen LogP contribution in [-0.2, 0) is 17.0 Å². The SMILES string of the molecule is Cc1[cH-]c2ccccc2c1Pc1ccccc1.Cc1cc2ccccc2[cH-]1.[Cl][Ti][Cl]. The first kappa shape index (κ1) is 23.3. The number of hydrogen-bond acceptors (Lipinski definition) is 0. The zero-order valence-electron chi connectivity index (χ0n) is 17.0. The van der Waals surface area contributed by atoms with Gasteiger partial charge in [0, 0.05) is 0 Å². The first-order chi connectivity index (χ1) is 14.6. The molecule has 30 heavy (non-hydrogen) atoms. The van der Waals surface area contributed by atoms with E-state index in [1.807, 2.05) is 0 Å². The van der Waals surface area contributed by atoms with E-state index >= 15 is 0 Å². The Morgan fingerprint density at radius 2 is 1.33 bits per heavy atom. The van der Waals surface area contributed by atoms with Gasteiger partial charge in [-0.3, -0.25) is 0 Å². The zero-order valence-corrected chi connectivity index (χ0v) is 21.1. The van der Waals surface area contributed by atoms with E-state index < -0.39 is 17.0 Å². The van der Waals surface area contributed by atoms with Crippen molar-refractivity contribution in [3.05, 3.63) is 108 Å². The maximum absolute atomic E-state index is 4.89. The van der Waals surface area contributed by atoms with Crippen molar-refractivity contribution < 1.29 is 17.0 Å². The summed E-state index contributed by atoms with van der Waals surface area (Å²) in [6.07, 6.45) is 0. The molecule has 0 aromatic heterocycles. The molecule has 0 fully saturated rings. The molecule has 0 saturated carbocycles. The number of hydrogen-bond donors (Lipinski definition) is 0. The number of halogens is 2. The quantitative estimate of drug-likeness (QED) is 0.136. The first-order valence-electron chi connectivity index (χ1n) is 9.68. The molecule has 1 unspecified atom stereocenters. The molecule has 5 aromatic rings. The van der Waals surface area contributed by atoms with Gasteiger partial charge in [0.1, 0.15) is 0 Å². The third-order valence-electron chi connectivity index (χ3n) is 4.80. The predicted molar refractivity (Wildman–Crippen MR) is 134 cm³/mol. The van der Waals surface area contributed by atoms with Crippen LogP contribution in [0, 0.1) is 13.8 Å². The van der Waals surface area contributed by atoms with Gasteiger partial charge in [-0.2, -0.15) is 6.07 Å². The van der Waals surface area contributed by atoms with Crippen LogP contribution >= 0.6 is 27.2 Å². The van der Waals surface area contributed by atoms with E-state index in [1.54, 1.807) is 0 Å². The van der Waals surface area contributed by atoms with Crippen molar-refractivity contribution in [1.82, 2.24) is 0 Å². The molecule has 1 atom stereocenters. The summed E-state index contributed by atoms with van der Waals surface area (Å²) in [5.41, 5.74) is 2.76. The Kier molecular flexibility index (Phi) is 9.19. The van der Waals surface area contributed by atoms with Gasteiger partial charge in [-0.1, -0.05) is 56.3 Å². The van der Waals surface area contributed by atoms with Crippen LogP contribution in [0.5, 0.6) is 0 Å². The summed E-state index contributed by atoms with van der Waals surface area (Å²) in [6, 6.07) is 34.5. The molecule has 0 spiro atoms. The molecule has 5 aromatic carbocycles. The summed E-state index contributed by atoms with van der Waals surface area (Å²) in [5.74, 6) is 0. The summed E-state index contributed by atoms with van der Waals surface area (Å²) in [7, 11) is 10.5. The Bertz CT molecular complexity index is 1160. The van der Waals surface area contributed by atoms with Crippen molar-refractivity contribution in [3.63, 3.8) is 0 Å². The third-order valence-corrected chi connectivity index (χ3v) is 6.34. The second-order valence-electron chi connectivity index (χ2n) is 7.01. The molecule has 0 nitrogen and oxygen atoms in total. The van der Waals surface area contributed by atoms with Crippen molar-refractivity contribution in [2.75, 3.05) is 0 Å². The topological polar surface area (TPSA) is 0 Å². The van der Waals surface area contributed by atoms with Crippen LogP contribution in [0.4, 0.5) is 0 Å². The van der Waals surface area contributed by atoms with E-state index in [2.05, 4.69) is 111 Å². The molecule has 0 aliphatic rings. The van der Waals surface area contributed by atoms with Crippen LogP contribution < -0.4 is 10.6 Å². The van der Waals surface area contributed by atoms with Crippen molar-refractivity contribution in [3.8, 4) is 0 Å². The van der Waals surface area contributed by atoms with Gasteiger partial charge in [-0.15, -0.1) is 95.1 Å². The van der Waals surface area contributed by atoms with Crippen LogP contribution in [-0.4, -0.2) is 0 Å². The number of rotatable bonds is 2. The molecule has 0 aliphatic carbocycles. The van der Waals surface area contributed by atoms with Gasteiger partial charge in [0.15, 0.2) is 0 Å². The molecule has 0 saturated heterocycles. The van der Waals surface area contributed by atoms with Gasteiger partial charge >= 0.3 is 35.6 Å². The van der Waals surface area contributed by atoms with E-state index in [0.717, 1.165) is 8.58 Å².